The van der Waals surface area contributed by atoms with Gasteiger partial charge in [0.2, 0.25) is 5.91 Å². The van der Waals surface area contributed by atoms with Crippen LogP contribution in [0.5, 0.6) is 0 Å². The second-order valence-electron chi connectivity index (χ2n) is 5.95. The van der Waals surface area contributed by atoms with E-state index in [4.69, 9.17) is 11.6 Å². The van der Waals surface area contributed by atoms with Gasteiger partial charge in [-0.05, 0) is 41.8 Å². The van der Waals surface area contributed by atoms with Crippen LogP contribution in [0.2, 0.25) is 5.02 Å². The summed E-state index contributed by atoms with van der Waals surface area (Å²) in [4.78, 5) is 16.4. The van der Waals surface area contributed by atoms with Crippen molar-refractivity contribution < 1.29 is 4.79 Å². The molecule has 0 fully saturated rings. The van der Waals surface area contributed by atoms with E-state index in [1.54, 1.807) is 24.4 Å². The van der Waals surface area contributed by atoms with Gasteiger partial charge in [-0.15, -0.1) is 0 Å². The Morgan fingerprint density at radius 2 is 1.69 bits per heavy atom. The number of halogens is 1. The molecule has 1 amide bonds. The molecular formula is C21H20ClN3O. The van der Waals surface area contributed by atoms with Gasteiger partial charge in [-0.2, -0.15) is 0 Å². The molecule has 26 heavy (non-hydrogen) atoms. The van der Waals surface area contributed by atoms with Gasteiger partial charge in [0.05, 0.1) is 18.3 Å². The molecule has 1 aromatic heterocycles. The first-order valence-corrected chi connectivity index (χ1v) is 8.85. The van der Waals surface area contributed by atoms with E-state index in [1.165, 1.54) is 5.56 Å². The smallest absolute Gasteiger partial charge is 0.229 e. The Morgan fingerprint density at radius 3 is 2.38 bits per heavy atom. The summed E-state index contributed by atoms with van der Waals surface area (Å²) in [5.74, 6) is 0.433. The van der Waals surface area contributed by atoms with Gasteiger partial charge in [0.25, 0.3) is 0 Å². The third kappa shape index (κ3) is 5.60. The molecular weight excluding hydrogens is 346 g/mol. The third-order valence-corrected chi connectivity index (χ3v) is 4.15. The molecule has 0 unspecified atom stereocenters. The van der Waals surface area contributed by atoms with Crippen molar-refractivity contribution in [2.75, 3.05) is 17.2 Å². The van der Waals surface area contributed by atoms with Gasteiger partial charge < -0.3 is 10.6 Å². The van der Waals surface area contributed by atoms with E-state index < -0.39 is 0 Å². The average Bonchev–Trinajstić information content (AvgIpc) is 2.66. The summed E-state index contributed by atoms with van der Waals surface area (Å²) in [6, 6.07) is 21.3. The Bertz CT molecular complexity index is 833. The average molecular weight is 366 g/mol. The number of hydrogen-bond donors (Lipinski definition) is 2. The van der Waals surface area contributed by atoms with Crippen LogP contribution in [0.25, 0.3) is 0 Å². The Labute approximate surface area is 158 Å². The van der Waals surface area contributed by atoms with Crippen LogP contribution in [0.4, 0.5) is 11.5 Å². The summed E-state index contributed by atoms with van der Waals surface area (Å²) in [5, 5.41) is 6.79. The molecule has 0 radical (unpaired) electrons. The van der Waals surface area contributed by atoms with E-state index in [9.17, 15) is 4.79 Å². The summed E-state index contributed by atoms with van der Waals surface area (Å²) in [6.45, 7) is 0.827. The number of carbonyl (C=O) groups is 1. The lowest BCUT2D eigenvalue weighted by Crippen LogP contribution is -2.15. The lowest BCUT2D eigenvalue weighted by atomic mass is 10.1. The van der Waals surface area contributed by atoms with Crippen LogP contribution < -0.4 is 10.6 Å². The zero-order valence-corrected chi connectivity index (χ0v) is 15.0. The number of hydrogen-bond acceptors (Lipinski definition) is 3. The Kier molecular flexibility index (Phi) is 6.23. The topological polar surface area (TPSA) is 54.0 Å². The minimum Gasteiger partial charge on any atom is -0.383 e. The molecule has 0 spiro atoms. The highest BCUT2D eigenvalue weighted by Crippen LogP contribution is 2.12. The number of benzene rings is 2. The van der Waals surface area contributed by atoms with Crippen molar-refractivity contribution in [3.8, 4) is 0 Å². The molecule has 132 valence electrons. The maximum Gasteiger partial charge on any atom is 0.229 e. The van der Waals surface area contributed by atoms with Gasteiger partial charge >= 0.3 is 0 Å². The van der Waals surface area contributed by atoms with Crippen molar-refractivity contribution in [1.29, 1.82) is 0 Å². The number of nitrogens with one attached hydrogen (secondary N) is 2. The van der Waals surface area contributed by atoms with Gasteiger partial charge in [0, 0.05) is 11.6 Å². The van der Waals surface area contributed by atoms with Crippen molar-refractivity contribution in [2.24, 2.45) is 0 Å². The quantitative estimate of drug-likeness (QED) is 0.644. The van der Waals surface area contributed by atoms with Crippen LogP contribution in [0.1, 0.15) is 11.1 Å². The second-order valence-corrected chi connectivity index (χ2v) is 6.38. The van der Waals surface area contributed by atoms with E-state index in [0.717, 1.165) is 24.2 Å². The Morgan fingerprint density at radius 1 is 0.923 bits per heavy atom. The Balaban J connectivity index is 1.46. The minimum absolute atomic E-state index is 0.107. The van der Waals surface area contributed by atoms with E-state index in [1.807, 2.05) is 36.4 Å². The highest BCUT2D eigenvalue weighted by molar-refractivity contribution is 6.30. The fourth-order valence-corrected chi connectivity index (χ4v) is 2.67. The molecule has 0 aliphatic carbocycles. The fourth-order valence-electron chi connectivity index (χ4n) is 2.54. The van der Waals surface area contributed by atoms with Crippen LogP contribution in [0, 0.1) is 0 Å². The summed E-state index contributed by atoms with van der Waals surface area (Å²) < 4.78 is 0. The molecule has 4 nitrogen and oxygen atoms in total. The van der Waals surface area contributed by atoms with Gasteiger partial charge in [0.1, 0.15) is 5.82 Å². The first-order valence-electron chi connectivity index (χ1n) is 8.47. The van der Waals surface area contributed by atoms with Crippen LogP contribution >= 0.6 is 11.6 Å². The van der Waals surface area contributed by atoms with Gasteiger partial charge in [-0.3, -0.25) is 4.79 Å². The van der Waals surface area contributed by atoms with Crippen LogP contribution in [-0.2, 0) is 17.6 Å². The lowest BCUT2D eigenvalue weighted by Gasteiger charge is -2.08. The molecule has 0 saturated carbocycles. The number of nitrogens with zero attached hydrogens (tertiary/aromatic N) is 1. The zero-order valence-electron chi connectivity index (χ0n) is 14.3. The molecule has 0 aliphatic heterocycles. The maximum atomic E-state index is 12.1. The monoisotopic (exact) mass is 365 g/mol. The zero-order chi connectivity index (χ0) is 18.2. The lowest BCUT2D eigenvalue weighted by molar-refractivity contribution is -0.115. The predicted octanol–water partition coefficient (Wildman–Crippen LogP) is 4.57. The largest absolute Gasteiger partial charge is 0.383 e. The molecule has 0 bridgehead atoms. The molecule has 5 heteroatoms. The SMILES string of the molecule is O=C(Cc1ccc(Cl)cc1)Nc1ccc(NCCc2ccccc2)cn1. The maximum absolute atomic E-state index is 12.1. The van der Waals surface area contributed by atoms with E-state index >= 15 is 0 Å². The van der Waals surface area contributed by atoms with Crippen LogP contribution in [0.15, 0.2) is 72.9 Å². The predicted molar refractivity (Wildman–Crippen MR) is 107 cm³/mol. The number of pyridine rings is 1. The number of carbonyl (C=O) groups excluding carboxylic acids is 1. The van der Waals surface area contributed by atoms with E-state index in [0.29, 0.717) is 10.8 Å². The van der Waals surface area contributed by atoms with Gasteiger partial charge in [-0.25, -0.2) is 4.98 Å². The molecule has 0 saturated heterocycles. The molecule has 2 N–H and O–H groups in total. The summed E-state index contributed by atoms with van der Waals surface area (Å²) in [6.07, 6.45) is 2.96. The van der Waals surface area contributed by atoms with E-state index in [2.05, 4.69) is 27.8 Å². The number of anilines is 2. The van der Waals surface area contributed by atoms with Gasteiger partial charge in [0.15, 0.2) is 0 Å². The van der Waals surface area contributed by atoms with Crippen LogP contribution in [-0.4, -0.2) is 17.4 Å². The summed E-state index contributed by atoms with van der Waals surface area (Å²) in [7, 11) is 0. The summed E-state index contributed by atoms with van der Waals surface area (Å²) in [5.41, 5.74) is 3.13. The van der Waals surface area contributed by atoms with Crippen molar-refractivity contribution in [2.45, 2.75) is 12.8 Å². The van der Waals surface area contributed by atoms with E-state index in [-0.39, 0.29) is 12.3 Å². The molecule has 1 heterocycles. The first kappa shape index (κ1) is 18.0. The molecule has 0 aliphatic rings. The second kappa shape index (κ2) is 9.02. The van der Waals surface area contributed by atoms with Crippen molar-refractivity contribution in [3.63, 3.8) is 0 Å². The number of amides is 1. The molecule has 3 aromatic rings. The van der Waals surface area contributed by atoms with Gasteiger partial charge in [-0.1, -0.05) is 54.1 Å². The highest BCUT2D eigenvalue weighted by atomic mass is 35.5. The fraction of sp³-hybridized carbons (Fsp3) is 0.143. The number of aromatic nitrogens is 1. The summed E-state index contributed by atoms with van der Waals surface area (Å²) >= 11 is 5.85. The first-order chi connectivity index (χ1) is 12.7. The normalized spacial score (nSPS) is 10.3. The van der Waals surface area contributed by atoms with Crippen molar-refractivity contribution in [1.82, 2.24) is 4.98 Å². The minimum atomic E-state index is -0.107. The standard InChI is InChI=1S/C21H20ClN3O/c22-18-8-6-17(7-9-18)14-21(26)25-20-11-10-19(15-24-20)23-13-12-16-4-2-1-3-5-16/h1-11,15,23H,12-14H2,(H,24,25,26). The van der Waals surface area contributed by atoms with Crippen LogP contribution in [0.3, 0.4) is 0 Å². The van der Waals surface area contributed by atoms with Crippen molar-refractivity contribution >= 4 is 29.0 Å². The Hall–Kier alpha value is -2.85. The number of rotatable bonds is 7. The third-order valence-electron chi connectivity index (χ3n) is 3.89. The molecule has 0 atom stereocenters. The van der Waals surface area contributed by atoms with Crippen molar-refractivity contribution in [3.05, 3.63) is 89.1 Å². The molecule has 3 rings (SSSR count). The highest BCUT2D eigenvalue weighted by Gasteiger charge is 2.05. The molecule has 2 aromatic carbocycles.